The zero-order valence-electron chi connectivity index (χ0n) is 20.3. The molecule has 3 aromatic rings. The molecule has 0 spiro atoms. The number of ether oxygens (including phenoxy) is 2. The highest BCUT2D eigenvalue weighted by molar-refractivity contribution is 6.07. The van der Waals surface area contributed by atoms with Crippen LogP contribution >= 0.6 is 0 Å². The second-order valence-corrected chi connectivity index (χ2v) is 9.56. The monoisotopic (exact) mass is 478 g/mol. The molecule has 2 unspecified atom stereocenters. The average Bonchev–Trinajstić information content (AvgIpc) is 3.23. The van der Waals surface area contributed by atoms with Gasteiger partial charge in [0.15, 0.2) is 11.6 Å². The summed E-state index contributed by atoms with van der Waals surface area (Å²) in [4.78, 5) is 21.0. The lowest BCUT2D eigenvalue weighted by atomic mass is 9.84. The largest absolute Gasteiger partial charge is 0.492 e. The zero-order chi connectivity index (χ0) is 24.5. The average molecular weight is 479 g/mol. The maximum Gasteiger partial charge on any atom is 0.255 e. The van der Waals surface area contributed by atoms with Crippen molar-refractivity contribution in [3.63, 3.8) is 0 Å². The molecule has 0 radical (unpaired) electrons. The van der Waals surface area contributed by atoms with Crippen molar-refractivity contribution in [2.75, 3.05) is 25.6 Å². The second-order valence-electron chi connectivity index (χ2n) is 9.56. The number of benzene rings is 1. The van der Waals surface area contributed by atoms with Crippen LogP contribution in [0.3, 0.4) is 0 Å². The lowest BCUT2D eigenvalue weighted by molar-refractivity contribution is 0.0939. The number of aromatic nitrogens is 2. The molecular weight excluding hydrogens is 447 g/mol. The Bertz CT molecular complexity index is 1240. The van der Waals surface area contributed by atoms with E-state index in [1.807, 2.05) is 6.07 Å². The van der Waals surface area contributed by atoms with Crippen molar-refractivity contribution in [3.05, 3.63) is 53.7 Å². The van der Waals surface area contributed by atoms with Gasteiger partial charge in [-0.25, -0.2) is 4.39 Å². The van der Waals surface area contributed by atoms with Gasteiger partial charge in [0.1, 0.15) is 5.75 Å². The molecule has 0 saturated carbocycles. The Labute approximate surface area is 204 Å². The van der Waals surface area contributed by atoms with Gasteiger partial charge < -0.3 is 25.1 Å². The first-order chi connectivity index (χ1) is 17.0. The van der Waals surface area contributed by atoms with Gasteiger partial charge in [0.05, 0.1) is 42.5 Å². The Morgan fingerprint density at radius 1 is 1.17 bits per heavy atom. The van der Waals surface area contributed by atoms with Crippen LogP contribution in [0, 0.1) is 17.7 Å². The molecule has 1 aromatic carbocycles. The van der Waals surface area contributed by atoms with Gasteiger partial charge in [-0.1, -0.05) is 19.9 Å². The Balaban J connectivity index is 1.70. The molecule has 2 aromatic heterocycles. The van der Waals surface area contributed by atoms with E-state index in [1.54, 1.807) is 24.5 Å². The van der Waals surface area contributed by atoms with Gasteiger partial charge in [0.2, 0.25) is 0 Å². The standard InChI is InChI=1S/C27H31FN4O3/c1-15-7-8-17-13-30-27(33)22-23(17)32-24(18-9-11-29-14-21(18)35-12-10-16(15)2)25(22)31-20-6-4-5-19(28)26(20)34-3/h4-6,9,11,14-17,31-32H,7-8,10,12-13H2,1-3H3,(H,30,33)/t15?,16?,17-/m0/s1. The van der Waals surface area contributed by atoms with Crippen molar-refractivity contribution in [3.8, 4) is 22.8 Å². The van der Waals surface area contributed by atoms with Crippen molar-refractivity contribution in [1.29, 1.82) is 0 Å². The van der Waals surface area contributed by atoms with Crippen LogP contribution in [0.25, 0.3) is 11.3 Å². The fourth-order valence-electron chi connectivity index (χ4n) is 5.08. The van der Waals surface area contributed by atoms with Gasteiger partial charge in [-0.3, -0.25) is 9.78 Å². The lowest BCUT2D eigenvalue weighted by Gasteiger charge is -2.26. The van der Waals surface area contributed by atoms with E-state index in [2.05, 4.69) is 34.4 Å². The van der Waals surface area contributed by atoms with Gasteiger partial charge in [0.25, 0.3) is 5.91 Å². The number of aromatic amines is 1. The molecular formula is C27H31FN4O3. The Morgan fingerprint density at radius 3 is 2.83 bits per heavy atom. The minimum absolute atomic E-state index is 0.0876. The van der Waals surface area contributed by atoms with Gasteiger partial charge in [-0.05, 0) is 49.3 Å². The lowest BCUT2D eigenvalue weighted by Crippen LogP contribution is -2.35. The third-order valence-electron chi connectivity index (χ3n) is 7.43. The van der Waals surface area contributed by atoms with E-state index in [9.17, 15) is 9.18 Å². The molecule has 7 nitrogen and oxygen atoms in total. The van der Waals surface area contributed by atoms with Crippen LogP contribution in [-0.2, 0) is 0 Å². The van der Waals surface area contributed by atoms with Crippen molar-refractivity contribution >= 4 is 17.3 Å². The SMILES string of the molecule is COc1c(F)cccc1Nc1c2[nH]c3c1C(=O)NC[C@@H]3CCC(C)C(C)CCOc1cnccc1-2. The summed E-state index contributed by atoms with van der Waals surface area (Å²) in [6, 6.07) is 6.56. The molecule has 2 aliphatic heterocycles. The minimum atomic E-state index is -0.482. The number of carbonyl (C=O) groups excluding carboxylic acids is 1. The molecule has 35 heavy (non-hydrogen) atoms. The molecule has 3 atom stereocenters. The Hall–Kier alpha value is -3.55. The summed E-state index contributed by atoms with van der Waals surface area (Å²) in [6.07, 6.45) is 6.35. The van der Waals surface area contributed by atoms with Crippen LogP contribution in [0.2, 0.25) is 0 Å². The molecule has 5 rings (SSSR count). The fourth-order valence-corrected chi connectivity index (χ4v) is 5.08. The fraction of sp³-hybridized carbons (Fsp3) is 0.407. The van der Waals surface area contributed by atoms with Gasteiger partial charge in [-0.15, -0.1) is 0 Å². The highest BCUT2D eigenvalue weighted by Gasteiger charge is 2.34. The third kappa shape index (κ3) is 4.33. The van der Waals surface area contributed by atoms with Crippen molar-refractivity contribution in [1.82, 2.24) is 15.3 Å². The number of para-hydroxylation sites is 1. The number of nitrogens with zero attached hydrogens (tertiary/aromatic N) is 1. The number of nitrogens with one attached hydrogen (secondary N) is 3. The normalized spacial score (nSPS) is 21.9. The van der Waals surface area contributed by atoms with Crippen LogP contribution < -0.4 is 20.1 Å². The van der Waals surface area contributed by atoms with Crippen LogP contribution in [0.15, 0.2) is 36.7 Å². The molecule has 0 fully saturated rings. The van der Waals surface area contributed by atoms with Crippen LogP contribution in [0.4, 0.5) is 15.8 Å². The number of halogens is 1. The number of amides is 1. The Kier molecular flexibility index (Phi) is 6.36. The summed E-state index contributed by atoms with van der Waals surface area (Å²) < 4.78 is 26.0. The van der Waals surface area contributed by atoms with E-state index >= 15 is 0 Å². The second kappa shape index (κ2) is 9.60. The molecule has 0 saturated heterocycles. The van der Waals surface area contributed by atoms with E-state index < -0.39 is 5.82 Å². The topological polar surface area (TPSA) is 88.3 Å². The summed E-state index contributed by atoms with van der Waals surface area (Å²) in [5.41, 5.74) is 3.94. The summed E-state index contributed by atoms with van der Waals surface area (Å²) >= 11 is 0. The number of methoxy groups -OCH3 is 1. The maximum atomic E-state index is 14.5. The molecule has 2 bridgehead atoms. The molecule has 3 N–H and O–H groups in total. The number of rotatable bonds is 3. The van der Waals surface area contributed by atoms with Crippen molar-refractivity contribution in [2.24, 2.45) is 11.8 Å². The summed E-state index contributed by atoms with van der Waals surface area (Å²) in [5.74, 6) is 1.27. The van der Waals surface area contributed by atoms with Crippen molar-refractivity contribution in [2.45, 2.75) is 39.0 Å². The highest BCUT2D eigenvalue weighted by Crippen LogP contribution is 2.45. The van der Waals surface area contributed by atoms with Crippen LogP contribution in [0.1, 0.15) is 55.1 Å². The summed E-state index contributed by atoms with van der Waals surface area (Å²) in [5, 5.41) is 6.38. The molecule has 4 heterocycles. The number of hydrogen-bond donors (Lipinski definition) is 3. The first-order valence-corrected chi connectivity index (χ1v) is 12.2. The number of anilines is 2. The van der Waals surface area contributed by atoms with Gasteiger partial charge in [-0.2, -0.15) is 0 Å². The molecule has 184 valence electrons. The third-order valence-corrected chi connectivity index (χ3v) is 7.43. The predicted octanol–water partition coefficient (Wildman–Crippen LogP) is 5.63. The number of fused-ring (bicyclic) bond motifs is 3. The van der Waals surface area contributed by atoms with E-state index in [1.165, 1.54) is 13.2 Å². The maximum absolute atomic E-state index is 14.5. The van der Waals surface area contributed by atoms with Crippen LogP contribution in [-0.4, -0.2) is 36.1 Å². The van der Waals surface area contributed by atoms with E-state index in [-0.39, 0.29) is 17.6 Å². The molecule has 8 heteroatoms. The van der Waals surface area contributed by atoms with Crippen LogP contribution in [0.5, 0.6) is 11.5 Å². The van der Waals surface area contributed by atoms with Crippen molar-refractivity contribution < 1.29 is 18.7 Å². The van der Waals surface area contributed by atoms with E-state index in [4.69, 9.17) is 9.47 Å². The molecule has 1 amide bonds. The number of carbonyl (C=O) groups is 1. The molecule has 2 aliphatic rings. The number of H-pyrrole nitrogens is 1. The first kappa shape index (κ1) is 23.2. The highest BCUT2D eigenvalue weighted by atomic mass is 19.1. The quantitative estimate of drug-likeness (QED) is 0.454. The van der Waals surface area contributed by atoms with Gasteiger partial charge in [0, 0.05) is 29.9 Å². The van der Waals surface area contributed by atoms with Gasteiger partial charge >= 0.3 is 0 Å². The summed E-state index contributed by atoms with van der Waals surface area (Å²) in [7, 11) is 1.43. The molecule has 0 aliphatic carbocycles. The minimum Gasteiger partial charge on any atom is -0.492 e. The summed E-state index contributed by atoms with van der Waals surface area (Å²) in [6.45, 7) is 5.71. The number of pyridine rings is 1. The number of hydrogen-bond acceptors (Lipinski definition) is 5. The first-order valence-electron chi connectivity index (χ1n) is 12.2. The Morgan fingerprint density at radius 2 is 2.00 bits per heavy atom. The smallest absolute Gasteiger partial charge is 0.255 e. The zero-order valence-corrected chi connectivity index (χ0v) is 20.3. The predicted molar refractivity (Wildman–Crippen MR) is 133 cm³/mol. The van der Waals surface area contributed by atoms with E-state index in [0.717, 1.165) is 30.5 Å². The van der Waals surface area contributed by atoms with E-state index in [0.29, 0.717) is 53.4 Å².